The predicted octanol–water partition coefficient (Wildman–Crippen LogP) is 7.35. The summed E-state index contributed by atoms with van der Waals surface area (Å²) in [5.74, 6) is 1.31. The molecule has 1 fully saturated rings. The Morgan fingerprint density at radius 3 is 1.95 bits per heavy atom. The number of benzene rings is 3. The van der Waals surface area contributed by atoms with Crippen LogP contribution in [-0.2, 0) is 32.2 Å². The first-order valence-corrected chi connectivity index (χ1v) is 16.7. The molecule has 3 aromatic carbocycles. The summed E-state index contributed by atoms with van der Waals surface area (Å²) < 4.78 is 42.4. The van der Waals surface area contributed by atoms with Crippen molar-refractivity contribution in [3.8, 4) is 11.5 Å². The molecule has 7 nitrogen and oxygen atoms in total. The van der Waals surface area contributed by atoms with Crippen LogP contribution in [0.4, 0.5) is 5.69 Å². The maximum absolute atomic E-state index is 14.0. The van der Waals surface area contributed by atoms with Gasteiger partial charge in [-0.1, -0.05) is 76.4 Å². The molecule has 4 rings (SSSR count). The first kappa shape index (κ1) is 32.6. The molecule has 2 N–H and O–H groups in total. The highest BCUT2D eigenvalue weighted by Gasteiger charge is 2.36. The average molecular weight is 608 g/mol. The second-order valence-corrected chi connectivity index (χ2v) is 14.5. The summed E-state index contributed by atoms with van der Waals surface area (Å²) in [6.45, 7) is 9.02. The molecule has 43 heavy (non-hydrogen) atoms. The number of amides is 1. The Morgan fingerprint density at radius 1 is 0.814 bits per heavy atom. The lowest BCUT2D eigenvalue weighted by molar-refractivity contribution is -0.121. The normalized spacial score (nSPS) is 15.8. The summed E-state index contributed by atoms with van der Waals surface area (Å²) in [7, 11) is -4.09. The largest absolute Gasteiger partial charge is 0.493 e. The number of ether oxygens (including phenoxy) is 2. The Bertz CT molecular complexity index is 1440. The van der Waals surface area contributed by atoms with Crippen molar-refractivity contribution in [1.29, 1.82) is 0 Å². The van der Waals surface area contributed by atoms with Gasteiger partial charge in [-0.05, 0) is 90.6 Å². The first-order chi connectivity index (χ1) is 20.3. The van der Waals surface area contributed by atoms with Crippen LogP contribution in [0.5, 0.6) is 11.5 Å². The molecule has 0 saturated heterocycles. The molecule has 0 aliphatic heterocycles. The van der Waals surface area contributed by atoms with E-state index in [1.54, 1.807) is 12.1 Å². The van der Waals surface area contributed by atoms with Gasteiger partial charge in [-0.2, -0.15) is 8.42 Å². The van der Waals surface area contributed by atoms with Crippen molar-refractivity contribution >= 4 is 21.7 Å². The highest BCUT2D eigenvalue weighted by atomic mass is 32.2. The molecule has 1 saturated carbocycles. The van der Waals surface area contributed by atoms with Crippen molar-refractivity contribution in [2.75, 3.05) is 24.3 Å². The van der Waals surface area contributed by atoms with Crippen LogP contribution in [0.25, 0.3) is 0 Å². The minimum Gasteiger partial charge on any atom is -0.493 e. The number of rotatable bonds is 12. The van der Waals surface area contributed by atoms with Gasteiger partial charge in [0.15, 0.2) is 0 Å². The lowest BCUT2D eigenvalue weighted by atomic mass is 9.75. The van der Waals surface area contributed by atoms with Gasteiger partial charge >= 0.3 is 0 Å². The zero-order valence-electron chi connectivity index (χ0n) is 25.8. The first-order valence-electron chi connectivity index (χ1n) is 15.1. The Hall–Kier alpha value is -3.36. The van der Waals surface area contributed by atoms with Gasteiger partial charge in [-0.3, -0.25) is 9.35 Å². The monoisotopic (exact) mass is 607 g/mol. The average Bonchev–Trinajstić information content (AvgIpc) is 2.97. The third-order valence-corrected chi connectivity index (χ3v) is 8.99. The van der Waals surface area contributed by atoms with E-state index < -0.39 is 21.3 Å². The molecule has 232 valence electrons. The van der Waals surface area contributed by atoms with Crippen LogP contribution < -0.4 is 14.8 Å². The highest BCUT2D eigenvalue weighted by Crippen LogP contribution is 2.33. The van der Waals surface area contributed by atoms with Crippen molar-refractivity contribution in [1.82, 2.24) is 0 Å². The van der Waals surface area contributed by atoms with E-state index in [1.165, 1.54) is 37.7 Å². The lowest BCUT2D eigenvalue weighted by Crippen LogP contribution is -2.39. The van der Waals surface area contributed by atoms with Crippen LogP contribution in [0, 0.1) is 5.92 Å². The zero-order valence-corrected chi connectivity index (χ0v) is 26.6. The van der Waals surface area contributed by atoms with E-state index in [9.17, 15) is 13.2 Å². The van der Waals surface area contributed by atoms with Gasteiger partial charge in [0.1, 0.15) is 23.9 Å². The van der Waals surface area contributed by atoms with Gasteiger partial charge < -0.3 is 14.8 Å². The number of carbonyl (C=O) groups is 1. The summed E-state index contributed by atoms with van der Waals surface area (Å²) in [5.41, 5.74) is 2.82. The van der Waals surface area contributed by atoms with Gasteiger partial charge in [0.05, 0.1) is 12.0 Å². The topological polar surface area (TPSA) is 102 Å². The molecule has 1 amide bonds. The van der Waals surface area contributed by atoms with E-state index in [4.69, 9.17) is 14.0 Å². The fraction of sp³-hybridized carbons (Fsp3) is 0.457. The molecule has 1 aliphatic rings. The molecule has 0 aromatic heterocycles. The summed E-state index contributed by atoms with van der Waals surface area (Å²) in [4.78, 5) is 14.0. The van der Waals surface area contributed by atoms with Crippen molar-refractivity contribution in [3.63, 3.8) is 0 Å². The van der Waals surface area contributed by atoms with Crippen molar-refractivity contribution in [2.24, 2.45) is 5.92 Å². The molecular weight excluding hydrogens is 562 g/mol. The Balaban J connectivity index is 1.49. The fourth-order valence-electron chi connectivity index (χ4n) is 5.50. The third-order valence-electron chi connectivity index (χ3n) is 8.30. The molecule has 1 aliphatic carbocycles. The van der Waals surface area contributed by atoms with Crippen LogP contribution in [0.1, 0.15) is 76.5 Å². The number of carbonyl (C=O) groups excluding carboxylic acids is 1. The van der Waals surface area contributed by atoms with Crippen molar-refractivity contribution < 1.29 is 27.2 Å². The van der Waals surface area contributed by atoms with Gasteiger partial charge in [0.2, 0.25) is 5.91 Å². The lowest BCUT2D eigenvalue weighted by Gasteiger charge is -2.30. The van der Waals surface area contributed by atoms with Crippen LogP contribution in [0.3, 0.4) is 0 Å². The highest BCUT2D eigenvalue weighted by molar-refractivity contribution is 7.85. The maximum Gasteiger partial charge on any atom is 0.268 e. The van der Waals surface area contributed by atoms with E-state index in [0.29, 0.717) is 23.8 Å². The second kappa shape index (κ2) is 14.0. The van der Waals surface area contributed by atoms with E-state index in [0.717, 1.165) is 23.5 Å². The van der Waals surface area contributed by atoms with Gasteiger partial charge in [0, 0.05) is 5.69 Å². The Morgan fingerprint density at radius 2 is 1.37 bits per heavy atom. The standard InChI is InChI=1S/C35H45NO6S/c1-34(2,3)28-12-14-29(15-13-28)35(4,24-26-10-18-31(19-11-26)41-22-23-43(38,39)40)33(37)36-30-16-20-32(21-17-30)42-25-27-8-6-5-7-9-27/h10-21,27H,5-9,22-25H2,1-4H3,(H,36,37)(H,38,39,40). The quantitative estimate of drug-likeness (QED) is 0.209. The van der Waals surface area contributed by atoms with E-state index in [1.807, 2.05) is 55.5 Å². The molecule has 1 unspecified atom stereocenters. The van der Waals surface area contributed by atoms with Crippen LogP contribution in [-0.4, -0.2) is 37.8 Å². The Labute approximate surface area is 256 Å². The number of hydrogen-bond acceptors (Lipinski definition) is 5. The molecule has 8 heteroatoms. The molecule has 0 bridgehead atoms. The van der Waals surface area contributed by atoms with Gasteiger partial charge in [0.25, 0.3) is 10.1 Å². The molecule has 1 atom stereocenters. The van der Waals surface area contributed by atoms with E-state index in [-0.39, 0.29) is 17.9 Å². The number of anilines is 1. The van der Waals surface area contributed by atoms with Crippen molar-refractivity contribution in [3.05, 3.63) is 89.5 Å². The molecule has 0 radical (unpaired) electrons. The second-order valence-electron chi connectivity index (χ2n) is 12.9. The summed E-state index contributed by atoms with van der Waals surface area (Å²) in [5, 5.41) is 3.13. The zero-order chi connectivity index (χ0) is 31.1. The van der Waals surface area contributed by atoms with Crippen LogP contribution in [0.15, 0.2) is 72.8 Å². The Kier molecular flexibility index (Phi) is 10.6. The minimum atomic E-state index is -4.09. The molecule has 0 spiro atoms. The fourth-order valence-corrected chi connectivity index (χ4v) is 5.79. The predicted molar refractivity (Wildman–Crippen MR) is 172 cm³/mol. The van der Waals surface area contributed by atoms with Crippen LogP contribution in [0.2, 0.25) is 0 Å². The maximum atomic E-state index is 14.0. The molecular formula is C35H45NO6S. The summed E-state index contributed by atoms with van der Waals surface area (Å²) >= 11 is 0. The summed E-state index contributed by atoms with van der Waals surface area (Å²) in [6.07, 6.45) is 6.78. The molecule has 0 heterocycles. The minimum absolute atomic E-state index is 0.0107. The number of hydrogen-bond donors (Lipinski definition) is 2. The van der Waals surface area contributed by atoms with Gasteiger partial charge in [-0.15, -0.1) is 0 Å². The van der Waals surface area contributed by atoms with E-state index in [2.05, 4.69) is 38.2 Å². The van der Waals surface area contributed by atoms with E-state index >= 15 is 0 Å². The SMILES string of the molecule is CC(C)(C)c1ccc(C(C)(Cc2ccc(OCCS(=O)(=O)O)cc2)C(=O)Nc2ccc(OCC3CCCCC3)cc2)cc1. The summed E-state index contributed by atoms with van der Waals surface area (Å²) in [6, 6.07) is 23.1. The van der Waals surface area contributed by atoms with Crippen molar-refractivity contribution in [2.45, 2.75) is 77.0 Å². The molecule has 3 aromatic rings. The third kappa shape index (κ3) is 9.57. The van der Waals surface area contributed by atoms with Gasteiger partial charge in [-0.25, -0.2) is 0 Å². The smallest absolute Gasteiger partial charge is 0.268 e. The number of nitrogens with one attached hydrogen (secondary N) is 1. The van der Waals surface area contributed by atoms with Crippen LogP contribution >= 0.6 is 0 Å².